The second kappa shape index (κ2) is 3.51. The van der Waals surface area contributed by atoms with Crippen LogP contribution in [-0.2, 0) is 0 Å². The minimum absolute atomic E-state index is 0.402. The Balaban J connectivity index is 2.60. The van der Waals surface area contributed by atoms with Crippen LogP contribution in [0.3, 0.4) is 0 Å². The lowest BCUT2D eigenvalue weighted by Gasteiger charge is -2.37. The topological polar surface area (TPSA) is 20.2 Å². The Bertz CT molecular complexity index is 186. The van der Waals surface area contributed by atoms with E-state index < -0.39 is 5.60 Å². The molecule has 1 aliphatic carbocycles. The second-order valence-corrected chi connectivity index (χ2v) is 5.38. The number of aliphatic hydroxyl groups is 1. The van der Waals surface area contributed by atoms with E-state index >= 15 is 0 Å². The molecule has 0 aliphatic heterocycles. The van der Waals surface area contributed by atoms with Crippen LogP contribution in [0, 0.1) is 5.92 Å². The van der Waals surface area contributed by atoms with Crippen molar-refractivity contribution < 1.29 is 5.11 Å². The van der Waals surface area contributed by atoms with E-state index in [0.717, 1.165) is 19.3 Å². The Hall–Kier alpha value is 0.180. The van der Waals surface area contributed by atoms with E-state index in [-0.39, 0.29) is 0 Å². The average molecular weight is 233 g/mol. The van der Waals surface area contributed by atoms with Gasteiger partial charge < -0.3 is 5.11 Å². The highest BCUT2D eigenvalue weighted by Gasteiger charge is 2.34. The molecule has 0 amide bonds. The van der Waals surface area contributed by atoms with Gasteiger partial charge in [-0.1, -0.05) is 28.1 Å². The van der Waals surface area contributed by atoms with Crippen molar-refractivity contribution in [3.05, 3.63) is 12.2 Å². The summed E-state index contributed by atoms with van der Waals surface area (Å²) < 4.78 is 0. The molecule has 0 aromatic carbocycles. The van der Waals surface area contributed by atoms with Crippen molar-refractivity contribution in [1.29, 1.82) is 0 Å². The first-order valence-corrected chi connectivity index (χ1v) is 5.36. The molecule has 1 aliphatic rings. The van der Waals surface area contributed by atoms with Gasteiger partial charge in [-0.2, -0.15) is 0 Å². The molecular weight excluding hydrogens is 216 g/mol. The summed E-state index contributed by atoms with van der Waals surface area (Å²) in [7, 11) is 0. The number of hydrogen-bond acceptors (Lipinski definition) is 1. The molecule has 0 spiro atoms. The fourth-order valence-corrected chi connectivity index (χ4v) is 3.28. The molecular formula is C10H17BrO. The third-order valence-electron chi connectivity index (χ3n) is 2.70. The Morgan fingerprint density at radius 1 is 1.67 bits per heavy atom. The van der Waals surface area contributed by atoms with E-state index in [9.17, 15) is 5.11 Å². The summed E-state index contributed by atoms with van der Waals surface area (Å²) in [6.45, 7) is 7.95. The van der Waals surface area contributed by atoms with Crippen molar-refractivity contribution in [3.63, 3.8) is 0 Å². The van der Waals surface area contributed by atoms with E-state index in [1.54, 1.807) is 0 Å². The van der Waals surface area contributed by atoms with Crippen LogP contribution in [0.2, 0.25) is 0 Å². The molecule has 1 fully saturated rings. The first-order chi connectivity index (χ1) is 5.42. The molecule has 0 aromatic heterocycles. The Morgan fingerprint density at radius 3 is 2.67 bits per heavy atom. The van der Waals surface area contributed by atoms with Gasteiger partial charge in [-0.25, -0.2) is 0 Å². The highest BCUT2D eigenvalue weighted by molar-refractivity contribution is 9.09. The lowest BCUT2D eigenvalue weighted by molar-refractivity contribution is 0.0164. The summed E-state index contributed by atoms with van der Waals surface area (Å²) in [6, 6.07) is 0. The Labute approximate surface area is 83.0 Å². The van der Waals surface area contributed by atoms with E-state index in [1.165, 1.54) is 5.57 Å². The molecule has 0 aromatic rings. The molecule has 0 bridgehead atoms. The van der Waals surface area contributed by atoms with Crippen molar-refractivity contribution in [3.8, 4) is 0 Å². The maximum Gasteiger partial charge on any atom is 0.0630 e. The number of hydrogen-bond donors (Lipinski definition) is 1. The number of halogens is 1. The summed E-state index contributed by atoms with van der Waals surface area (Å²) in [5.41, 5.74) is 0.757. The van der Waals surface area contributed by atoms with Crippen molar-refractivity contribution in [2.45, 2.75) is 43.5 Å². The van der Waals surface area contributed by atoms with Gasteiger partial charge in [0.05, 0.1) is 5.60 Å². The van der Waals surface area contributed by atoms with Gasteiger partial charge in [0.15, 0.2) is 0 Å². The van der Waals surface area contributed by atoms with E-state index in [4.69, 9.17) is 0 Å². The first-order valence-electron chi connectivity index (χ1n) is 4.44. The normalized spacial score (nSPS) is 42.7. The Kier molecular flexibility index (Phi) is 3.00. The van der Waals surface area contributed by atoms with Gasteiger partial charge in [0.2, 0.25) is 0 Å². The summed E-state index contributed by atoms with van der Waals surface area (Å²) in [4.78, 5) is 0.402. The zero-order valence-corrected chi connectivity index (χ0v) is 9.39. The molecule has 2 heteroatoms. The SMILES string of the molecule is C=C(C)C1CCC(C)(O)CC1Br. The summed E-state index contributed by atoms with van der Waals surface area (Å²) in [5, 5.41) is 9.78. The molecule has 1 N–H and O–H groups in total. The zero-order chi connectivity index (χ0) is 9.35. The standard InChI is InChI=1S/C10H17BrO/c1-7(2)8-4-5-10(3,12)6-9(8)11/h8-9,12H,1,4-6H2,2-3H3. The fraction of sp³-hybridized carbons (Fsp3) is 0.800. The van der Waals surface area contributed by atoms with Gasteiger partial charge in [0, 0.05) is 4.83 Å². The average Bonchev–Trinajstić information content (AvgIpc) is 1.83. The van der Waals surface area contributed by atoms with Crippen molar-refractivity contribution in [1.82, 2.24) is 0 Å². The minimum atomic E-state index is -0.472. The summed E-state index contributed by atoms with van der Waals surface area (Å²) >= 11 is 3.61. The first kappa shape index (κ1) is 10.3. The van der Waals surface area contributed by atoms with E-state index in [0.29, 0.717) is 10.7 Å². The monoisotopic (exact) mass is 232 g/mol. The van der Waals surface area contributed by atoms with Crippen LogP contribution in [0.4, 0.5) is 0 Å². The van der Waals surface area contributed by atoms with Crippen LogP contribution in [0.1, 0.15) is 33.1 Å². The number of alkyl halides is 1. The molecule has 70 valence electrons. The van der Waals surface area contributed by atoms with E-state index in [1.807, 2.05) is 6.92 Å². The zero-order valence-electron chi connectivity index (χ0n) is 7.81. The van der Waals surface area contributed by atoms with Crippen LogP contribution in [-0.4, -0.2) is 15.5 Å². The number of allylic oxidation sites excluding steroid dienone is 1. The third-order valence-corrected chi connectivity index (χ3v) is 3.66. The third kappa shape index (κ3) is 2.33. The van der Waals surface area contributed by atoms with Gasteiger partial charge in [-0.3, -0.25) is 0 Å². The molecule has 1 saturated carbocycles. The molecule has 0 radical (unpaired) electrons. The summed E-state index contributed by atoms with van der Waals surface area (Å²) in [6.07, 6.45) is 2.79. The molecule has 12 heavy (non-hydrogen) atoms. The van der Waals surface area contributed by atoms with Gasteiger partial charge in [0.1, 0.15) is 0 Å². The van der Waals surface area contributed by atoms with Gasteiger partial charge in [-0.15, -0.1) is 0 Å². The molecule has 1 rings (SSSR count). The quantitative estimate of drug-likeness (QED) is 0.545. The molecule has 3 atom stereocenters. The highest BCUT2D eigenvalue weighted by Crippen LogP contribution is 2.38. The molecule has 3 unspecified atom stereocenters. The lowest BCUT2D eigenvalue weighted by atomic mass is 9.77. The molecule has 0 saturated heterocycles. The molecule has 1 nitrogen and oxygen atoms in total. The van der Waals surface area contributed by atoms with Gasteiger partial charge in [0.25, 0.3) is 0 Å². The number of rotatable bonds is 1. The smallest absolute Gasteiger partial charge is 0.0630 e. The largest absolute Gasteiger partial charge is 0.390 e. The predicted molar refractivity (Wildman–Crippen MR) is 55.5 cm³/mol. The molecule has 0 heterocycles. The van der Waals surface area contributed by atoms with Gasteiger partial charge in [-0.05, 0) is 39.0 Å². The van der Waals surface area contributed by atoms with Crippen LogP contribution < -0.4 is 0 Å². The maximum atomic E-state index is 9.78. The lowest BCUT2D eigenvalue weighted by Crippen LogP contribution is -2.37. The second-order valence-electron chi connectivity index (χ2n) is 4.21. The maximum absolute atomic E-state index is 9.78. The van der Waals surface area contributed by atoms with Gasteiger partial charge >= 0.3 is 0 Å². The highest BCUT2D eigenvalue weighted by atomic mass is 79.9. The van der Waals surface area contributed by atoms with E-state index in [2.05, 4.69) is 29.4 Å². The van der Waals surface area contributed by atoms with Crippen molar-refractivity contribution >= 4 is 15.9 Å². The van der Waals surface area contributed by atoms with Crippen LogP contribution in [0.5, 0.6) is 0 Å². The minimum Gasteiger partial charge on any atom is -0.390 e. The van der Waals surface area contributed by atoms with Crippen molar-refractivity contribution in [2.75, 3.05) is 0 Å². The van der Waals surface area contributed by atoms with Crippen LogP contribution in [0.15, 0.2) is 12.2 Å². The van der Waals surface area contributed by atoms with Crippen LogP contribution in [0.25, 0.3) is 0 Å². The summed E-state index contributed by atoms with van der Waals surface area (Å²) in [5.74, 6) is 0.547. The predicted octanol–water partition coefficient (Wildman–Crippen LogP) is 2.88. The van der Waals surface area contributed by atoms with Crippen LogP contribution >= 0.6 is 15.9 Å². The fourth-order valence-electron chi connectivity index (χ4n) is 1.87. The van der Waals surface area contributed by atoms with Crippen molar-refractivity contribution in [2.24, 2.45) is 5.92 Å². The Morgan fingerprint density at radius 2 is 2.25 bits per heavy atom.